The van der Waals surface area contributed by atoms with Crippen molar-refractivity contribution in [2.45, 2.75) is 32.4 Å². The summed E-state index contributed by atoms with van der Waals surface area (Å²) in [5.41, 5.74) is 7.01. The molecule has 0 bridgehead atoms. The van der Waals surface area contributed by atoms with E-state index in [0.717, 1.165) is 37.4 Å². The van der Waals surface area contributed by atoms with E-state index >= 15 is 0 Å². The Bertz CT molecular complexity index is 754. The first-order valence-corrected chi connectivity index (χ1v) is 8.27. The van der Waals surface area contributed by atoms with Crippen molar-refractivity contribution in [3.05, 3.63) is 58.1 Å². The standard InChI is InChI=1S/C20H23NO2/c1-13-8-16-12-21-7-6-14-9-17(22-2)4-5-18(14)19(21)10-15(16)11-20(13)23-3/h4-5,8-9,11,19H,6-7,10,12H2,1-3H3. The summed E-state index contributed by atoms with van der Waals surface area (Å²) in [6.45, 7) is 4.29. The largest absolute Gasteiger partial charge is 0.497 e. The lowest BCUT2D eigenvalue weighted by Crippen LogP contribution is -2.39. The fraction of sp³-hybridized carbons (Fsp3) is 0.400. The molecular formula is C20H23NO2. The maximum Gasteiger partial charge on any atom is 0.122 e. The minimum Gasteiger partial charge on any atom is -0.497 e. The number of hydrogen-bond acceptors (Lipinski definition) is 3. The lowest BCUT2D eigenvalue weighted by atomic mass is 9.83. The molecular weight excluding hydrogens is 286 g/mol. The number of benzene rings is 2. The molecule has 2 heterocycles. The van der Waals surface area contributed by atoms with Crippen molar-refractivity contribution in [2.75, 3.05) is 20.8 Å². The zero-order chi connectivity index (χ0) is 16.0. The van der Waals surface area contributed by atoms with Gasteiger partial charge in [0.1, 0.15) is 11.5 Å². The van der Waals surface area contributed by atoms with Gasteiger partial charge in [-0.15, -0.1) is 0 Å². The topological polar surface area (TPSA) is 21.7 Å². The second kappa shape index (κ2) is 5.57. The molecule has 0 N–H and O–H groups in total. The zero-order valence-electron chi connectivity index (χ0n) is 14.1. The normalized spacial score (nSPS) is 19.5. The Morgan fingerprint density at radius 1 is 1.00 bits per heavy atom. The maximum absolute atomic E-state index is 5.52. The molecule has 0 saturated carbocycles. The minimum atomic E-state index is 0.476. The summed E-state index contributed by atoms with van der Waals surface area (Å²) in [4.78, 5) is 2.61. The fourth-order valence-electron chi connectivity index (χ4n) is 4.07. The summed E-state index contributed by atoms with van der Waals surface area (Å²) < 4.78 is 10.9. The van der Waals surface area contributed by atoms with E-state index in [0.29, 0.717) is 6.04 Å². The first-order valence-electron chi connectivity index (χ1n) is 8.27. The fourth-order valence-corrected chi connectivity index (χ4v) is 4.07. The van der Waals surface area contributed by atoms with Crippen molar-refractivity contribution in [3.8, 4) is 11.5 Å². The highest BCUT2D eigenvalue weighted by molar-refractivity contribution is 5.46. The van der Waals surface area contributed by atoms with Crippen LogP contribution in [-0.2, 0) is 19.4 Å². The van der Waals surface area contributed by atoms with Crippen LogP contribution in [0.5, 0.6) is 11.5 Å². The Morgan fingerprint density at radius 2 is 1.87 bits per heavy atom. The summed E-state index contributed by atoms with van der Waals surface area (Å²) in [7, 11) is 3.49. The van der Waals surface area contributed by atoms with Crippen molar-refractivity contribution in [3.63, 3.8) is 0 Å². The highest BCUT2D eigenvalue weighted by Gasteiger charge is 2.32. The molecule has 3 heteroatoms. The number of fused-ring (bicyclic) bond motifs is 4. The van der Waals surface area contributed by atoms with Gasteiger partial charge in [-0.25, -0.2) is 0 Å². The number of aryl methyl sites for hydroxylation is 1. The maximum atomic E-state index is 5.52. The zero-order valence-corrected chi connectivity index (χ0v) is 14.1. The number of rotatable bonds is 2. The van der Waals surface area contributed by atoms with E-state index in [9.17, 15) is 0 Å². The van der Waals surface area contributed by atoms with Gasteiger partial charge in [0.2, 0.25) is 0 Å². The SMILES string of the molecule is COc1ccc2c(c1)CCN1Cc3cc(C)c(OC)cc3CC21. The van der Waals surface area contributed by atoms with Gasteiger partial charge in [-0.3, -0.25) is 4.90 Å². The number of methoxy groups -OCH3 is 2. The molecule has 2 aromatic carbocycles. The van der Waals surface area contributed by atoms with Gasteiger partial charge in [0.15, 0.2) is 0 Å². The molecule has 0 aromatic heterocycles. The molecule has 0 amide bonds. The van der Waals surface area contributed by atoms with Gasteiger partial charge >= 0.3 is 0 Å². The van der Waals surface area contributed by atoms with E-state index in [-0.39, 0.29) is 0 Å². The third kappa shape index (κ3) is 2.40. The quantitative estimate of drug-likeness (QED) is 0.845. The Balaban J connectivity index is 1.73. The van der Waals surface area contributed by atoms with Crippen molar-refractivity contribution in [1.82, 2.24) is 4.90 Å². The monoisotopic (exact) mass is 309 g/mol. The van der Waals surface area contributed by atoms with Crippen molar-refractivity contribution < 1.29 is 9.47 Å². The molecule has 0 spiro atoms. The van der Waals surface area contributed by atoms with E-state index in [1.807, 2.05) is 0 Å². The molecule has 120 valence electrons. The van der Waals surface area contributed by atoms with Crippen LogP contribution in [-0.4, -0.2) is 25.7 Å². The summed E-state index contributed by atoms with van der Waals surface area (Å²) in [6.07, 6.45) is 2.17. The predicted molar refractivity (Wildman–Crippen MR) is 91.3 cm³/mol. The second-order valence-electron chi connectivity index (χ2n) is 6.60. The van der Waals surface area contributed by atoms with Gasteiger partial charge in [-0.2, -0.15) is 0 Å². The molecule has 0 radical (unpaired) electrons. The average Bonchev–Trinajstić information content (AvgIpc) is 2.58. The minimum absolute atomic E-state index is 0.476. The molecule has 2 aromatic rings. The molecule has 4 rings (SSSR count). The lowest BCUT2D eigenvalue weighted by molar-refractivity contribution is 0.160. The number of hydrogen-bond donors (Lipinski definition) is 0. The molecule has 1 unspecified atom stereocenters. The van der Waals surface area contributed by atoms with Crippen molar-refractivity contribution in [1.29, 1.82) is 0 Å². The summed E-state index contributed by atoms with van der Waals surface area (Å²) in [5.74, 6) is 1.97. The van der Waals surface area contributed by atoms with Gasteiger partial charge in [-0.1, -0.05) is 12.1 Å². The molecule has 0 fully saturated rings. The summed E-state index contributed by atoms with van der Waals surface area (Å²) >= 11 is 0. The molecule has 23 heavy (non-hydrogen) atoms. The van der Waals surface area contributed by atoms with Gasteiger partial charge in [-0.05, 0) is 65.8 Å². The molecule has 2 aliphatic heterocycles. The average molecular weight is 309 g/mol. The van der Waals surface area contributed by atoms with Crippen LogP contribution >= 0.6 is 0 Å². The van der Waals surface area contributed by atoms with Gasteiger partial charge in [0.05, 0.1) is 14.2 Å². The van der Waals surface area contributed by atoms with E-state index < -0.39 is 0 Å². The van der Waals surface area contributed by atoms with Crippen molar-refractivity contribution >= 4 is 0 Å². The Morgan fingerprint density at radius 3 is 2.65 bits per heavy atom. The van der Waals surface area contributed by atoms with E-state index in [2.05, 4.69) is 42.2 Å². The van der Waals surface area contributed by atoms with Crippen LogP contribution in [0.2, 0.25) is 0 Å². The third-order valence-corrected chi connectivity index (χ3v) is 5.32. The highest BCUT2D eigenvalue weighted by atomic mass is 16.5. The Hall–Kier alpha value is -2.00. The lowest BCUT2D eigenvalue weighted by Gasteiger charge is -2.41. The van der Waals surface area contributed by atoms with Gasteiger partial charge < -0.3 is 9.47 Å². The first kappa shape index (κ1) is 14.6. The number of ether oxygens (including phenoxy) is 2. The van der Waals surface area contributed by atoms with Crippen LogP contribution in [0, 0.1) is 6.92 Å². The smallest absolute Gasteiger partial charge is 0.122 e. The highest BCUT2D eigenvalue weighted by Crippen LogP contribution is 2.40. The second-order valence-corrected chi connectivity index (χ2v) is 6.60. The molecule has 2 aliphatic rings. The van der Waals surface area contributed by atoms with Crippen LogP contribution < -0.4 is 9.47 Å². The predicted octanol–water partition coefficient (Wildman–Crippen LogP) is 3.67. The van der Waals surface area contributed by atoms with Gasteiger partial charge in [0, 0.05) is 19.1 Å². The third-order valence-electron chi connectivity index (χ3n) is 5.32. The Kier molecular flexibility index (Phi) is 3.53. The van der Waals surface area contributed by atoms with Crippen LogP contribution in [0.4, 0.5) is 0 Å². The summed E-state index contributed by atoms with van der Waals surface area (Å²) in [6, 6.07) is 11.6. The van der Waals surface area contributed by atoms with E-state index in [4.69, 9.17) is 9.47 Å². The molecule has 0 aliphatic carbocycles. The van der Waals surface area contributed by atoms with E-state index in [1.165, 1.54) is 27.8 Å². The molecule has 0 saturated heterocycles. The summed E-state index contributed by atoms with van der Waals surface area (Å²) in [5, 5.41) is 0. The number of nitrogens with zero attached hydrogens (tertiary/aromatic N) is 1. The molecule has 3 nitrogen and oxygen atoms in total. The van der Waals surface area contributed by atoms with Crippen LogP contribution in [0.1, 0.15) is 33.9 Å². The van der Waals surface area contributed by atoms with Crippen LogP contribution in [0.15, 0.2) is 30.3 Å². The Labute approximate surface area is 137 Å². The van der Waals surface area contributed by atoms with Gasteiger partial charge in [0.25, 0.3) is 0 Å². The molecule has 1 atom stereocenters. The van der Waals surface area contributed by atoms with Crippen molar-refractivity contribution in [2.24, 2.45) is 0 Å². The van der Waals surface area contributed by atoms with E-state index in [1.54, 1.807) is 14.2 Å². The van der Waals surface area contributed by atoms with Crippen LogP contribution in [0.25, 0.3) is 0 Å². The van der Waals surface area contributed by atoms with Crippen LogP contribution in [0.3, 0.4) is 0 Å². The first-order chi connectivity index (χ1) is 11.2.